The van der Waals surface area contributed by atoms with E-state index in [0.717, 1.165) is 36.7 Å². The van der Waals surface area contributed by atoms with E-state index in [1.54, 1.807) is 6.33 Å². The summed E-state index contributed by atoms with van der Waals surface area (Å²) in [6.07, 6.45) is 2.71. The van der Waals surface area contributed by atoms with Crippen LogP contribution in [0.4, 0.5) is 11.6 Å². The zero-order valence-electron chi connectivity index (χ0n) is 13.3. The van der Waals surface area contributed by atoms with Crippen molar-refractivity contribution in [2.24, 2.45) is 0 Å². The van der Waals surface area contributed by atoms with Gasteiger partial charge >= 0.3 is 0 Å². The summed E-state index contributed by atoms with van der Waals surface area (Å²) in [4.78, 5) is 10.9. The number of rotatable bonds is 6. The number of aryl methyl sites for hydroxylation is 1. The second kappa shape index (κ2) is 7.07. The number of aromatic nitrogens is 2. The largest absolute Gasteiger partial charge is 0.370 e. The van der Waals surface area contributed by atoms with Crippen LogP contribution in [-0.2, 0) is 6.54 Å². The fourth-order valence-electron chi connectivity index (χ4n) is 2.29. The van der Waals surface area contributed by atoms with Crippen LogP contribution in [0.3, 0.4) is 0 Å². The molecule has 0 aliphatic carbocycles. The number of nitrogens with one attached hydrogen (secondary N) is 1. The lowest BCUT2D eigenvalue weighted by atomic mass is 10.1. The number of benzene rings is 1. The molecule has 0 aliphatic heterocycles. The summed E-state index contributed by atoms with van der Waals surface area (Å²) in [5.74, 6) is 1.90. The van der Waals surface area contributed by atoms with Gasteiger partial charge in [0.2, 0.25) is 0 Å². The molecule has 1 heterocycles. The predicted molar refractivity (Wildman–Crippen MR) is 88.8 cm³/mol. The van der Waals surface area contributed by atoms with Gasteiger partial charge in [0.05, 0.1) is 0 Å². The van der Waals surface area contributed by atoms with Crippen LogP contribution in [0, 0.1) is 13.8 Å². The maximum absolute atomic E-state index is 4.44. The molecule has 1 N–H and O–H groups in total. The molecule has 0 atom stereocenters. The number of hydrogen-bond acceptors (Lipinski definition) is 4. The van der Waals surface area contributed by atoms with Gasteiger partial charge in [-0.05, 0) is 25.8 Å². The van der Waals surface area contributed by atoms with Crippen molar-refractivity contribution in [3.63, 3.8) is 0 Å². The SMILES string of the molecule is CCCNc1ncnc(N(C)Cc2ccc(C)cc2)c1C. The van der Waals surface area contributed by atoms with Crippen molar-refractivity contribution in [2.45, 2.75) is 33.7 Å². The van der Waals surface area contributed by atoms with Gasteiger partial charge in [-0.15, -0.1) is 0 Å². The lowest BCUT2D eigenvalue weighted by Gasteiger charge is -2.21. The second-order valence-corrected chi connectivity index (χ2v) is 5.44. The highest BCUT2D eigenvalue weighted by molar-refractivity contribution is 5.57. The average Bonchev–Trinajstić information content (AvgIpc) is 2.48. The van der Waals surface area contributed by atoms with Crippen molar-refractivity contribution in [3.8, 4) is 0 Å². The van der Waals surface area contributed by atoms with Gasteiger partial charge in [-0.25, -0.2) is 9.97 Å². The summed E-state index contributed by atoms with van der Waals surface area (Å²) in [6.45, 7) is 8.09. The summed E-state index contributed by atoms with van der Waals surface area (Å²) in [6, 6.07) is 8.62. The second-order valence-electron chi connectivity index (χ2n) is 5.44. The normalized spacial score (nSPS) is 10.5. The van der Waals surface area contributed by atoms with Crippen molar-refractivity contribution < 1.29 is 0 Å². The molecule has 0 saturated heterocycles. The smallest absolute Gasteiger partial charge is 0.137 e. The monoisotopic (exact) mass is 284 g/mol. The topological polar surface area (TPSA) is 41.1 Å². The summed E-state index contributed by atoms with van der Waals surface area (Å²) < 4.78 is 0. The van der Waals surface area contributed by atoms with Crippen molar-refractivity contribution in [1.29, 1.82) is 0 Å². The van der Waals surface area contributed by atoms with Crippen LogP contribution in [0.2, 0.25) is 0 Å². The van der Waals surface area contributed by atoms with Gasteiger partial charge in [0.1, 0.15) is 18.0 Å². The van der Waals surface area contributed by atoms with Crippen LogP contribution in [0.25, 0.3) is 0 Å². The van der Waals surface area contributed by atoms with E-state index in [1.165, 1.54) is 11.1 Å². The number of nitrogens with zero attached hydrogens (tertiary/aromatic N) is 3. The Kier molecular flexibility index (Phi) is 5.14. The molecule has 2 aromatic rings. The van der Waals surface area contributed by atoms with Crippen LogP contribution in [0.15, 0.2) is 30.6 Å². The highest BCUT2D eigenvalue weighted by Gasteiger charge is 2.11. The molecule has 0 saturated carbocycles. The van der Waals surface area contributed by atoms with Crippen molar-refractivity contribution >= 4 is 11.6 Å². The van der Waals surface area contributed by atoms with Crippen molar-refractivity contribution in [1.82, 2.24) is 9.97 Å². The lowest BCUT2D eigenvalue weighted by molar-refractivity contribution is 0.878. The molecule has 21 heavy (non-hydrogen) atoms. The lowest BCUT2D eigenvalue weighted by Crippen LogP contribution is -2.20. The van der Waals surface area contributed by atoms with Gasteiger partial charge in [-0.3, -0.25) is 0 Å². The van der Waals surface area contributed by atoms with E-state index < -0.39 is 0 Å². The Morgan fingerprint density at radius 1 is 1.10 bits per heavy atom. The van der Waals surface area contributed by atoms with E-state index >= 15 is 0 Å². The Morgan fingerprint density at radius 3 is 2.48 bits per heavy atom. The van der Waals surface area contributed by atoms with Crippen LogP contribution in [-0.4, -0.2) is 23.6 Å². The first-order valence-electron chi connectivity index (χ1n) is 7.44. The first-order valence-corrected chi connectivity index (χ1v) is 7.44. The summed E-state index contributed by atoms with van der Waals surface area (Å²) >= 11 is 0. The average molecular weight is 284 g/mol. The highest BCUT2D eigenvalue weighted by atomic mass is 15.2. The Labute approximate surface area is 127 Å². The quantitative estimate of drug-likeness (QED) is 0.880. The van der Waals surface area contributed by atoms with Crippen LogP contribution in [0.5, 0.6) is 0 Å². The minimum absolute atomic E-state index is 0.839. The zero-order valence-corrected chi connectivity index (χ0v) is 13.3. The Balaban J connectivity index is 2.14. The van der Waals surface area contributed by atoms with Crippen molar-refractivity contribution in [2.75, 3.05) is 23.8 Å². The standard InChI is InChI=1S/C17H24N4/c1-5-10-18-16-14(3)17(20-12-19-16)21(4)11-15-8-6-13(2)7-9-15/h6-9,12H,5,10-11H2,1-4H3,(H,18,19,20). The van der Waals surface area contributed by atoms with Gasteiger partial charge in [-0.1, -0.05) is 36.8 Å². The molecule has 0 spiro atoms. The summed E-state index contributed by atoms with van der Waals surface area (Å²) in [7, 11) is 2.07. The molecule has 112 valence electrons. The van der Waals surface area contributed by atoms with Gasteiger partial charge in [0.15, 0.2) is 0 Å². The summed E-state index contributed by atoms with van der Waals surface area (Å²) in [5.41, 5.74) is 3.66. The number of hydrogen-bond donors (Lipinski definition) is 1. The molecular weight excluding hydrogens is 260 g/mol. The fourth-order valence-corrected chi connectivity index (χ4v) is 2.29. The molecule has 1 aromatic heterocycles. The zero-order chi connectivity index (χ0) is 15.2. The molecule has 4 heteroatoms. The van der Waals surface area contributed by atoms with Gasteiger partial charge in [0.25, 0.3) is 0 Å². The van der Waals surface area contributed by atoms with Gasteiger partial charge in [-0.2, -0.15) is 0 Å². The first kappa shape index (κ1) is 15.3. The van der Waals surface area contributed by atoms with Crippen LogP contribution in [0.1, 0.15) is 30.0 Å². The Morgan fingerprint density at radius 2 is 1.81 bits per heavy atom. The molecular formula is C17H24N4. The molecule has 0 aliphatic rings. The molecule has 2 rings (SSSR count). The molecule has 0 unspecified atom stereocenters. The van der Waals surface area contributed by atoms with Crippen LogP contribution < -0.4 is 10.2 Å². The molecule has 0 amide bonds. The predicted octanol–water partition coefficient (Wildman–Crippen LogP) is 3.55. The molecule has 0 radical (unpaired) electrons. The highest BCUT2D eigenvalue weighted by Crippen LogP contribution is 2.22. The Bertz CT molecular complexity index is 578. The fraction of sp³-hybridized carbons (Fsp3) is 0.412. The van der Waals surface area contributed by atoms with E-state index in [9.17, 15) is 0 Å². The molecule has 0 fully saturated rings. The van der Waals surface area contributed by atoms with E-state index in [0.29, 0.717) is 0 Å². The summed E-state index contributed by atoms with van der Waals surface area (Å²) in [5, 5.41) is 3.35. The Hall–Kier alpha value is -2.10. The molecule has 4 nitrogen and oxygen atoms in total. The van der Waals surface area contributed by atoms with E-state index in [2.05, 4.69) is 72.3 Å². The maximum atomic E-state index is 4.44. The third-order valence-electron chi connectivity index (χ3n) is 3.50. The van der Waals surface area contributed by atoms with Crippen LogP contribution >= 0.6 is 0 Å². The van der Waals surface area contributed by atoms with E-state index in [1.807, 2.05) is 0 Å². The van der Waals surface area contributed by atoms with E-state index in [4.69, 9.17) is 0 Å². The maximum Gasteiger partial charge on any atom is 0.137 e. The van der Waals surface area contributed by atoms with Gasteiger partial charge in [0, 0.05) is 25.7 Å². The van der Waals surface area contributed by atoms with Crippen molar-refractivity contribution in [3.05, 3.63) is 47.3 Å². The third kappa shape index (κ3) is 3.94. The molecule has 0 bridgehead atoms. The van der Waals surface area contributed by atoms with Gasteiger partial charge < -0.3 is 10.2 Å². The number of anilines is 2. The third-order valence-corrected chi connectivity index (χ3v) is 3.50. The van der Waals surface area contributed by atoms with E-state index in [-0.39, 0.29) is 0 Å². The molecule has 1 aromatic carbocycles. The minimum Gasteiger partial charge on any atom is -0.370 e. The minimum atomic E-state index is 0.839. The first-order chi connectivity index (χ1) is 10.1.